The maximum absolute atomic E-state index is 12.7. The number of benzene rings is 2. The molecule has 2 aromatic carbocycles. The van der Waals surface area contributed by atoms with Gasteiger partial charge < -0.3 is 15.1 Å². The van der Waals surface area contributed by atoms with Gasteiger partial charge in [-0.1, -0.05) is 60.7 Å². The topological polar surface area (TPSA) is 35.6 Å². The van der Waals surface area contributed by atoms with Gasteiger partial charge in [0, 0.05) is 26.2 Å². The van der Waals surface area contributed by atoms with Crippen LogP contribution in [0.15, 0.2) is 60.7 Å². The highest BCUT2D eigenvalue weighted by Crippen LogP contribution is 2.24. The van der Waals surface area contributed by atoms with Gasteiger partial charge in [-0.05, 0) is 31.0 Å². The number of rotatable bonds is 5. The van der Waals surface area contributed by atoms with E-state index in [2.05, 4.69) is 53.7 Å². The number of hydrogen-bond donors (Lipinski definition) is 1. The summed E-state index contributed by atoms with van der Waals surface area (Å²) in [6.45, 7) is 3.27. The zero-order valence-corrected chi connectivity index (χ0v) is 14.9. The highest BCUT2D eigenvalue weighted by molar-refractivity contribution is 5.75. The zero-order chi connectivity index (χ0) is 17.5. The normalized spacial score (nSPS) is 18.1. The molecule has 0 radical (unpaired) electrons. The van der Waals surface area contributed by atoms with E-state index in [0.29, 0.717) is 6.54 Å². The fourth-order valence-corrected chi connectivity index (χ4v) is 3.36. The van der Waals surface area contributed by atoms with Crippen LogP contribution < -0.4 is 5.32 Å². The van der Waals surface area contributed by atoms with E-state index in [1.807, 2.05) is 29.2 Å². The van der Waals surface area contributed by atoms with Crippen molar-refractivity contribution in [2.45, 2.75) is 18.9 Å². The van der Waals surface area contributed by atoms with Gasteiger partial charge in [-0.3, -0.25) is 0 Å². The molecule has 1 heterocycles. The largest absolute Gasteiger partial charge is 0.338 e. The van der Waals surface area contributed by atoms with Crippen molar-refractivity contribution < 1.29 is 4.79 Å². The number of hydrogen-bond acceptors (Lipinski definition) is 2. The Labute approximate surface area is 150 Å². The highest BCUT2D eigenvalue weighted by atomic mass is 16.2. The van der Waals surface area contributed by atoms with Gasteiger partial charge in [-0.2, -0.15) is 0 Å². The third-order valence-corrected chi connectivity index (χ3v) is 4.79. The molecule has 0 aliphatic carbocycles. The lowest BCUT2D eigenvalue weighted by Gasteiger charge is -2.40. The molecular weight excluding hydrogens is 310 g/mol. The smallest absolute Gasteiger partial charge is 0.318 e. The lowest BCUT2D eigenvalue weighted by atomic mass is 10.0. The molecule has 1 unspecified atom stereocenters. The Balaban J connectivity index is 1.54. The first-order valence-electron chi connectivity index (χ1n) is 9.06. The summed E-state index contributed by atoms with van der Waals surface area (Å²) >= 11 is 0. The first-order chi connectivity index (χ1) is 12.2. The molecule has 1 aliphatic rings. The van der Waals surface area contributed by atoms with E-state index >= 15 is 0 Å². The van der Waals surface area contributed by atoms with Crippen LogP contribution in [-0.4, -0.2) is 49.1 Å². The van der Waals surface area contributed by atoms with Gasteiger partial charge in [0.05, 0.1) is 6.04 Å². The third kappa shape index (κ3) is 4.83. The summed E-state index contributed by atoms with van der Waals surface area (Å²) < 4.78 is 0. The van der Waals surface area contributed by atoms with Crippen molar-refractivity contribution in [3.05, 3.63) is 71.8 Å². The Morgan fingerprint density at radius 3 is 2.44 bits per heavy atom. The first-order valence-corrected chi connectivity index (χ1v) is 9.06. The minimum atomic E-state index is 0.0509. The van der Waals surface area contributed by atoms with Crippen molar-refractivity contribution in [1.29, 1.82) is 0 Å². The number of nitrogens with one attached hydrogen (secondary N) is 1. The Hall–Kier alpha value is -2.33. The second-order valence-electron chi connectivity index (χ2n) is 6.70. The van der Waals surface area contributed by atoms with Crippen molar-refractivity contribution >= 4 is 6.03 Å². The van der Waals surface area contributed by atoms with Gasteiger partial charge >= 0.3 is 6.03 Å². The van der Waals surface area contributed by atoms with E-state index in [4.69, 9.17) is 0 Å². The maximum Gasteiger partial charge on any atom is 0.318 e. The highest BCUT2D eigenvalue weighted by Gasteiger charge is 2.29. The molecule has 1 aliphatic heterocycles. The quantitative estimate of drug-likeness (QED) is 0.850. The van der Waals surface area contributed by atoms with Crippen molar-refractivity contribution in [2.24, 2.45) is 0 Å². The Morgan fingerprint density at radius 2 is 1.72 bits per heavy atom. The minimum Gasteiger partial charge on any atom is -0.338 e. The summed E-state index contributed by atoms with van der Waals surface area (Å²) in [6, 6.07) is 20.9. The summed E-state index contributed by atoms with van der Waals surface area (Å²) in [5, 5.41) is 3.11. The van der Waals surface area contributed by atoms with Crippen LogP contribution >= 0.6 is 0 Å². The molecule has 1 fully saturated rings. The van der Waals surface area contributed by atoms with Gasteiger partial charge in [-0.15, -0.1) is 0 Å². The molecule has 1 N–H and O–H groups in total. The maximum atomic E-state index is 12.7. The average molecular weight is 337 g/mol. The molecule has 0 aromatic heterocycles. The lowest BCUT2D eigenvalue weighted by molar-refractivity contribution is 0.109. The summed E-state index contributed by atoms with van der Waals surface area (Å²) in [6.07, 6.45) is 1.95. The number of nitrogens with zero attached hydrogens (tertiary/aromatic N) is 2. The van der Waals surface area contributed by atoms with E-state index in [-0.39, 0.29) is 12.1 Å². The molecule has 4 nitrogen and oxygen atoms in total. The predicted molar refractivity (Wildman–Crippen MR) is 102 cm³/mol. The van der Waals surface area contributed by atoms with Crippen LogP contribution in [-0.2, 0) is 6.42 Å². The van der Waals surface area contributed by atoms with Crippen molar-refractivity contribution in [1.82, 2.24) is 15.1 Å². The van der Waals surface area contributed by atoms with Gasteiger partial charge in [0.1, 0.15) is 0 Å². The van der Waals surface area contributed by atoms with E-state index in [1.54, 1.807) is 0 Å². The van der Waals surface area contributed by atoms with Crippen LogP contribution in [0.1, 0.15) is 23.6 Å². The fraction of sp³-hybridized carbons (Fsp3) is 0.381. The van der Waals surface area contributed by atoms with Crippen LogP contribution in [0.5, 0.6) is 0 Å². The molecule has 0 saturated carbocycles. The average Bonchev–Trinajstić information content (AvgIpc) is 2.66. The number of piperazine rings is 1. The molecule has 132 valence electrons. The molecule has 2 amide bonds. The van der Waals surface area contributed by atoms with E-state index in [1.165, 1.54) is 11.1 Å². The first kappa shape index (κ1) is 17.5. The number of amides is 2. The number of likely N-dealkylation sites (N-methyl/N-ethyl adjacent to an activating group) is 1. The Morgan fingerprint density at radius 1 is 1.04 bits per heavy atom. The fourth-order valence-electron chi connectivity index (χ4n) is 3.36. The monoisotopic (exact) mass is 337 g/mol. The zero-order valence-electron chi connectivity index (χ0n) is 14.9. The second kappa shape index (κ2) is 8.67. The van der Waals surface area contributed by atoms with Crippen LogP contribution in [0.25, 0.3) is 0 Å². The summed E-state index contributed by atoms with van der Waals surface area (Å²) in [7, 11) is 2.12. The molecule has 4 heteroatoms. The van der Waals surface area contributed by atoms with Crippen molar-refractivity contribution in [3.63, 3.8) is 0 Å². The molecule has 3 rings (SSSR count). The molecular formula is C21H27N3O. The Bertz CT molecular complexity index is 659. The SMILES string of the molecule is CN1CCN(C(=O)NCCCc2ccccc2)C(c2ccccc2)C1. The number of carbonyl (C=O) groups excluding carboxylic acids is 1. The van der Waals surface area contributed by atoms with Gasteiger partial charge in [-0.25, -0.2) is 4.79 Å². The minimum absolute atomic E-state index is 0.0509. The number of urea groups is 1. The molecule has 0 bridgehead atoms. The van der Waals surface area contributed by atoms with Crippen LogP contribution in [0.2, 0.25) is 0 Å². The predicted octanol–water partition coefficient (Wildman–Crippen LogP) is 3.32. The number of carbonyl (C=O) groups is 1. The molecule has 2 aromatic rings. The summed E-state index contributed by atoms with van der Waals surface area (Å²) in [5.41, 5.74) is 2.52. The van der Waals surface area contributed by atoms with E-state index in [0.717, 1.165) is 32.5 Å². The molecule has 1 atom stereocenters. The second-order valence-corrected chi connectivity index (χ2v) is 6.70. The molecule has 25 heavy (non-hydrogen) atoms. The van der Waals surface area contributed by atoms with Gasteiger partial charge in [0.15, 0.2) is 0 Å². The van der Waals surface area contributed by atoms with Gasteiger partial charge in [0.25, 0.3) is 0 Å². The Kier molecular flexibility index (Phi) is 6.07. The van der Waals surface area contributed by atoms with Crippen LogP contribution in [0, 0.1) is 0 Å². The van der Waals surface area contributed by atoms with Crippen LogP contribution in [0.3, 0.4) is 0 Å². The molecule has 0 spiro atoms. The van der Waals surface area contributed by atoms with Crippen LogP contribution in [0.4, 0.5) is 4.79 Å². The van der Waals surface area contributed by atoms with E-state index < -0.39 is 0 Å². The molecule has 1 saturated heterocycles. The summed E-state index contributed by atoms with van der Waals surface area (Å²) in [4.78, 5) is 17.0. The standard InChI is InChI=1S/C21H27N3O/c1-23-15-16-24(20(17-23)19-12-6-3-7-13-19)21(25)22-14-8-11-18-9-4-2-5-10-18/h2-7,9-10,12-13,20H,8,11,14-17H2,1H3,(H,22,25). The van der Waals surface area contributed by atoms with Crippen molar-refractivity contribution in [3.8, 4) is 0 Å². The van der Waals surface area contributed by atoms with E-state index in [9.17, 15) is 4.79 Å². The lowest BCUT2D eigenvalue weighted by Crippen LogP contribution is -2.52. The summed E-state index contributed by atoms with van der Waals surface area (Å²) in [5.74, 6) is 0. The third-order valence-electron chi connectivity index (χ3n) is 4.79. The van der Waals surface area contributed by atoms with Gasteiger partial charge in [0.2, 0.25) is 0 Å². The number of aryl methyl sites for hydroxylation is 1. The van der Waals surface area contributed by atoms with Crippen molar-refractivity contribution in [2.75, 3.05) is 33.2 Å².